The number of piperazine rings is 1. The molecule has 4 rings (SSSR count). The molecule has 3 aromatic carbocycles. The number of benzene rings is 3. The van der Waals surface area contributed by atoms with E-state index in [0.717, 1.165) is 42.7 Å². The van der Waals surface area contributed by atoms with Gasteiger partial charge in [0.2, 0.25) is 0 Å². The predicted molar refractivity (Wildman–Crippen MR) is 123 cm³/mol. The van der Waals surface area contributed by atoms with Crippen molar-refractivity contribution in [3.8, 4) is 5.75 Å². The number of carbonyl (C=O) groups excluding carboxylic acids is 1. The van der Waals surface area contributed by atoms with Gasteiger partial charge in [-0.05, 0) is 48.9 Å². The Bertz CT molecular complexity index is 1030. The minimum atomic E-state index is -0.455. The van der Waals surface area contributed by atoms with Crippen LogP contribution >= 0.6 is 0 Å². The van der Waals surface area contributed by atoms with Crippen molar-refractivity contribution in [1.82, 2.24) is 4.90 Å². The summed E-state index contributed by atoms with van der Waals surface area (Å²) in [7, 11) is 0. The lowest BCUT2D eigenvalue weighted by molar-refractivity contribution is -0.139. The maximum absolute atomic E-state index is 13.2. The molecule has 1 aliphatic heterocycles. The molecule has 4 nitrogen and oxygen atoms in total. The number of ether oxygens (including phenoxy) is 1. The largest absolute Gasteiger partial charge is 0.480 e. The summed E-state index contributed by atoms with van der Waals surface area (Å²) in [4.78, 5) is 17.6. The Balaban J connectivity index is 1.44. The van der Waals surface area contributed by atoms with Crippen LogP contribution in [-0.4, -0.2) is 43.1 Å². The average Bonchev–Trinajstić information content (AvgIpc) is 2.79. The van der Waals surface area contributed by atoms with Crippen molar-refractivity contribution < 1.29 is 9.53 Å². The van der Waals surface area contributed by atoms with Crippen LogP contribution in [0.2, 0.25) is 0 Å². The first-order valence-electron chi connectivity index (χ1n) is 10.8. The highest BCUT2D eigenvalue weighted by atomic mass is 16.5. The Morgan fingerprint density at radius 1 is 0.933 bits per heavy atom. The van der Waals surface area contributed by atoms with E-state index < -0.39 is 6.10 Å². The Hall–Kier alpha value is -3.01. The van der Waals surface area contributed by atoms with Gasteiger partial charge in [0, 0.05) is 37.3 Å². The highest BCUT2D eigenvalue weighted by molar-refractivity contribution is 5.89. The van der Waals surface area contributed by atoms with E-state index in [9.17, 15) is 4.79 Å². The molecule has 0 spiro atoms. The SMILES string of the molecule is CC[C@H](Oc1cccc2ccccc12)C(=O)N1CCN(c2cccc(C)c2C)CC1. The normalized spacial score (nSPS) is 15.3. The number of aryl methyl sites for hydroxylation is 1. The van der Waals surface area contributed by atoms with E-state index in [1.165, 1.54) is 16.8 Å². The van der Waals surface area contributed by atoms with E-state index in [0.29, 0.717) is 6.42 Å². The zero-order valence-electron chi connectivity index (χ0n) is 18.1. The smallest absolute Gasteiger partial charge is 0.263 e. The fourth-order valence-electron chi connectivity index (χ4n) is 4.21. The molecule has 0 aliphatic carbocycles. The number of fused-ring (bicyclic) bond motifs is 1. The standard InChI is InChI=1S/C26H30N2O2/c1-4-24(30-25-14-8-11-21-10-5-6-12-22(21)25)26(29)28-17-15-27(16-18-28)23-13-7-9-19(2)20(23)3/h5-14,24H,4,15-18H2,1-3H3/t24-/m0/s1. The van der Waals surface area contributed by atoms with E-state index >= 15 is 0 Å². The number of nitrogens with zero attached hydrogens (tertiary/aromatic N) is 2. The van der Waals surface area contributed by atoms with Crippen LogP contribution in [0.1, 0.15) is 24.5 Å². The van der Waals surface area contributed by atoms with Gasteiger partial charge in [-0.1, -0.05) is 55.5 Å². The summed E-state index contributed by atoms with van der Waals surface area (Å²) in [6, 6.07) is 20.6. The number of anilines is 1. The van der Waals surface area contributed by atoms with E-state index in [-0.39, 0.29) is 5.91 Å². The summed E-state index contributed by atoms with van der Waals surface area (Å²) in [5.74, 6) is 0.869. The van der Waals surface area contributed by atoms with Crippen LogP contribution in [0.3, 0.4) is 0 Å². The van der Waals surface area contributed by atoms with Gasteiger partial charge in [0.15, 0.2) is 6.10 Å². The van der Waals surface area contributed by atoms with E-state index in [4.69, 9.17) is 4.74 Å². The zero-order valence-corrected chi connectivity index (χ0v) is 18.1. The summed E-state index contributed by atoms with van der Waals surface area (Å²) >= 11 is 0. The minimum Gasteiger partial charge on any atom is -0.480 e. The molecule has 30 heavy (non-hydrogen) atoms. The number of hydrogen-bond donors (Lipinski definition) is 0. The van der Waals surface area contributed by atoms with Crippen LogP contribution in [0.5, 0.6) is 5.75 Å². The van der Waals surface area contributed by atoms with Gasteiger partial charge in [-0.25, -0.2) is 0 Å². The maximum atomic E-state index is 13.2. The zero-order chi connectivity index (χ0) is 21.1. The topological polar surface area (TPSA) is 32.8 Å². The van der Waals surface area contributed by atoms with Crippen molar-refractivity contribution in [1.29, 1.82) is 0 Å². The summed E-state index contributed by atoms with van der Waals surface area (Å²) in [5.41, 5.74) is 3.91. The van der Waals surface area contributed by atoms with E-state index in [1.54, 1.807) is 0 Å². The maximum Gasteiger partial charge on any atom is 0.263 e. The second-order valence-electron chi connectivity index (χ2n) is 8.02. The van der Waals surface area contributed by atoms with Crippen LogP contribution in [0.15, 0.2) is 60.7 Å². The van der Waals surface area contributed by atoms with Crippen LogP contribution < -0.4 is 9.64 Å². The predicted octanol–water partition coefficient (Wildman–Crippen LogP) is 4.96. The molecule has 0 radical (unpaired) electrons. The van der Waals surface area contributed by atoms with Crippen LogP contribution in [0.4, 0.5) is 5.69 Å². The van der Waals surface area contributed by atoms with Gasteiger partial charge in [-0.15, -0.1) is 0 Å². The Kier molecular flexibility index (Phi) is 5.93. The molecule has 4 heteroatoms. The fraction of sp³-hybridized carbons (Fsp3) is 0.346. The second-order valence-corrected chi connectivity index (χ2v) is 8.02. The van der Waals surface area contributed by atoms with Gasteiger partial charge in [0.25, 0.3) is 5.91 Å². The van der Waals surface area contributed by atoms with Crippen LogP contribution in [0.25, 0.3) is 10.8 Å². The lowest BCUT2D eigenvalue weighted by atomic mass is 10.1. The first-order valence-corrected chi connectivity index (χ1v) is 10.8. The first-order chi connectivity index (χ1) is 14.6. The average molecular weight is 403 g/mol. The van der Waals surface area contributed by atoms with Gasteiger partial charge < -0.3 is 14.5 Å². The molecule has 1 atom stereocenters. The Morgan fingerprint density at radius 2 is 1.63 bits per heavy atom. The molecule has 3 aromatic rings. The Morgan fingerprint density at radius 3 is 2.40 bits per heavy atom. The lowest BCUT2D eigenvalue weighted by Gasteiger charge is -2.38. The van der Waals surface area contributed by atoms with Crippen LogP contribution in [-0.2, 0) is 4.79 Å². The molecule has 1 fully saturated rings. The van der Waals surface area contributed by atoms with Crippen molar-refractivity contribution in [3.63, 3.8) is 0 Å². The van der Waals surface area contributed by atoms with Gasteiger partial charge >= 0.3 is 0 Å². The summed E-state index contributed by atoms with van der Waals surface area (Å²) in [5, 5.41) is 2.17. The molecule has 1 amide bonds. The molecule has 1 heterocycles. The van der Waals surface area contributed by atoms with Crippen molar-refractivity contribution in [2.45, 2.75) is 33.3 Å². The minimum absolute atomic E-state index is 0.0889. The summed E-state index contributed by atoms with van der Waals surface area (Å²) in [6.45, 7) is 9.48. The van der Waals surface area contributed by atoms with Gasteiger partial charge in [-0.3, -0.25) is 4.79 Å². The van der Waals surface area contributed by atoms with E-state index in [2.05, 4.69) is 49.1 Å². The molecular weight excluding hydrogens is 372 g/mol. The second kappa shape index (κ2) is 8.78. The molecule has 0 saturated carbocycles. The van der Waals surface area contributed by atoms with Crippen LogP contribution in [0, 0.1) is 13.8 Å². The number of rotatable bonds is 5. The number of amides is 1. The number of carbonyl (C=O) groups is 1. The molecule has 0 bridgehead atoms. The summed E-state index contributed by atoms with van der Waals surface area (Å²) < 4.78 is 6.23. The van der Waals surface area contributed by atoms with Crippen molar-refractivity contribution in [2.24, 2.45) is 0 Å². The Labute approximate surface area is 179 Å². The monoisotopic (exact) mass is 402 g/mol. The first kappa shape index (κ1) is 20.3. The van der Waals surface area contributed by atoms with E-state index in [1.807, 2.05) is 42.2 Å². The third kappa shape index (κ3) is 4.00. The van der Waals surface area contributed by atoms with Gasteiger partial charge in [-0.2, -0.15) is 0 Å². The van der Waals surface area contributed by atoms with Crippen molar-refractivity contribution >= 4 is 22.4 Å². The lowest BCUT2D eigenvalue weighted by Crippen LogP contribution is -2.52. The van der Waals surface area contributed by atoms with Crippen molar-refractivity contribution in [3.05, 3.63) is 71.8 Å². The molecule has 1 saturated heterocycles. The molecule has 0 N–H and O–H groups in total. The quantitative estimate of drug-likeness (QED) is 0.604. The molecule has 156 valence electrons. The van der Waals surface area contributed by atoms with Gasteiger partial charge in [0.1, 0.15) is 5.75 Å². The molecule has 0 unspecified atom stereocenters. The molecule has 0 aromatic heterocycles. The molecule has 1 aliphatic rings. The molecular formula is C26H30N2O2. The summed E-state index contributed by atoms with van der Waals surface area (Å²) in [6.07, 6.45) is 0.197. The third-order valence-electron chi connectivity index (χ3n) is 6.17. The third-order valence-corrected chi connectivity index (χ3v) is 6.17. The van der Waals surface area contributed by atoms with Gasteiger partial charge in [0.05, 0.1) is 0 Å². The highest BCUT2D eigenvalue weighted by Gasteiger charge is 2.28. The number of hydrogen-bond acceptors (Lipinski definition) is 3. The highest BCUT2D eigenvalue weighted by Crippen LogP contribution is 2.28. The van der Waals surface area contributed by atoms with Crippen molar-refractivity contribution in [2.75, 3.05) is 31.1 Å². The fourth-order valence-corrected chi connectivity index (χ4v) is 4.21.